The van der Waals surface area contributed by atoms with Gasteiger partial charge in [-0.1, -0.05) is 24.3 Å². The molecule has 156 valence electrons. The SMILES string of the molecule is CC(=O)N1CCC(C(=O)N(C)Cc2cn(-c3ccccc3)nc2-c2cccs2)CC1. The monoisotopic (exact) mass is 422 g/mol. The van der Waals surface area contributed by atoms with Crippen LogP contribution in [0.4, 0.5) is 0 Å². The van der Waals surface area contributed by atoms with Gasteiger partial charge in [0.05, 0.1) is 10.6 Å². The fourth-order valence-electron chi connectivity index (χ4n) is 3.95. The molecule has 30 heavy (non-hydrogen) atoms. The fourth-order valence-corrected chi connectivity index (χ4v) is 4.69. The molecule has 0 bridgehead atoms. The lowest BCUT2D eigenvalue weighted by Crippen LogP contribution is -2.42. The minimum atomic E-state index is -0.0278. The fraction of sp³-hybridized carbons (Fsp3) is 0.348. The van der Waals surface area contributed by atoms with Crippen molar-refractivity contribution in [3.05, 3.63) is 59.6 Å². The normalized spacial score (nSPS) is 14.7. The van der Waals surface area contributed by atoms with Gasteiger partial charge in [-0.05, 0) is 36.4 Å². The lowest BCUT2D eigenvalue weighted by Gasteiger charge is -2.32. The quantitative estimate of drug-likeness (QED) is 0.628. The largest absolute Gasteiger partial charge is 0.343 e. The van der Waals surface area contributed by atoms with Crippen LogP contribution in [0.3, 0.4) is 0 Å². The third-order valence-electron chi connectivity index (χ3n) is 5.64. The molecule has 0 N–H and O–H groups in total. The zero-order valence-corrected chi connectivity index (χ0v) is 18.1. The summed E-state index contributed by atoms with van der Waals surface area (Å²) in [5.74, 6) is 0.200. The molecule has 6 nitrogen and oxygen atoms in total. The molecule has 0 radical (unpaired) electrons. The topological polar surface area (TPSA) is 58.4 Å². The first-order chi connectivity index (χ1) is 14.5. The zero-order chi connectivity index (χ0) is 21.1. The van der Waals surface area contributed by atoms with Gasteiger partial charge < -0.3 is 9.80 Å². The summed E-state index contributed by atoms with van der Waals surface area (Å²) in [6.07, 6.45) is 3.47. The maximum absolute atomic E-state index is 13.1. The van der Waals surface area contributed by atoms with Crippen LogP contribution < -0.4 is 0 Å². The van der Waals surface area contributed by atoms with Gasteiger partial charge in [0.25, 0.3) is 0 Å². The van der Waals surface area contributed by atoms with Gasteiger partial charge in [0.15, 0.2) is 0 Å². The first kappa shape index (κ1) is 20.3. The number of amides is 2. The number of likely N-dealkylation sites (tertiary alicyclic amines) is 1. The predicted octanol–water partition coefficient (Wildman–Crippen LogP) is 3.82. The van der Waals surface area contributed by atoms with Crippen LogP contribution in [0.5, 0.6) is 0 Å². The average molecular weight is 423 g/mol. The van der Waals surface area contributed by atoms with Crippen LogP contribution in [-0.4, -0.2) is 51.5 Å². The Bertz CT molecular complexity index is 1010. The van der Waals surface area contributed by atoms with Gasteiger partial charge in [0.2, 0.25) is 11.8 Å². The third kappa shape index (κ3) is 4.31. The molecule has 1 fully saturated rings. The zero-order valence-electron chi connectivity index (χ0n) is 17.3. The van der Waals surface area contributed by atoms with Crippen molar-refractivity contribution in [1.82, 2.24) is 19.6 Å². The van der Waals surface area contributed by atoms with Crippen molar-refractivity contribution in [1.29, 1.82) is 0 Å². The lowest BCUT2D eigenvalue weighted by molar-refractivity contribution is -0.139. The number of rotatable bonds is 5. The molecule has 1 saturated heterocycles. The number of para-hydroxylation sites is 1. The van der Waals surface area contributed by atoms with E-state index in [0.717, 1.165) is 34.7 Å². The number of nitrogens with zero attached hydrogens (tertiary/aromatic N) is 4. The molecule has 4 rings (SSSR count). The standard InChI is InChI=1S/C23H26N4O2S/c1-17(28)26-12-10-18(11-13-26)23(29)25(2)15-19-16-27(20-7-4-3-5-8-20)24-22(19)21-9-6-14-30-21/h3-9,14,16,18H,10-13,15H2,1-2H3. The summed E-state index contributed by atoms with van der Waals surface area (Å²) in [6, 6.07) is 14.1. The van der Waals surface area contributed by atoms with Crippen molar-refractivity contribution in [2.45, 2.75) is 26.3 Å². The summed E-state index contributed by atoms with van der Waals surface area (Å²) in [4.78, 5) is 29.3. The van der Waals surface area contributed by atoms with Crippen molar-refractivity contribution in [2.24, 2.45) is 5.92 Å². The lowest BCUT2D eigenvalue weighted by atomic mass is 9.95. The van der Waals surface area contributed by atoms with Crippen molar-refractivity contribution < 1.29 is 9.59 Å². The number of hydrogen-bond acceptors (Lipinski definition) is 4. The van der Waals surface area contributed by atoms with Crippen LogP contribution in [0.25, 0.3) is 16.3 Å². The molecule has 2 amide bonds. The third-order valence-corrected chi connectivity index (χ3v) is 6.52. The molecule has 3 heterocycles. The Kier molecular flexibility index (Phi) is 5.99. The molecule has 3 aromatic rings. The van der Waals surface area contributed by atoms with Gasteiger partial charge in [-0.3, -0.25) is 9.59 Å². The van der Waals surface area contributed by atoms with Crippen molar-refractivity contribution in [2.75, 3.05) is 20.1 Å². The van der Waals surface area contributed by atoms with E-state index in [-0.39, 0.29) is 17.7 Å². The van der Waals surface area contributed by atoms with Gasteiger partial charge in [-0.25, -0.2) is 4.68 Å². The van der Waals surface area contributed by atoms with Gasteiger partial charge in [0, 0.05) is 51.3 Å². The first-order valence-corrected chi connectivity index (χ1v) is 11.1. The summed E-state index contributed by atoms with van der Waals surface area (Å²) in [5.41, 5.74) is 2.94. The summed E-state index contributed by atoms with van der Waals surface area (Å²) >= 11 is 1.65. The highest BCUT2D eigenvalue weighted by Crippen LogP contribution is 2.29. The van der Waals surface area contributed by atoms with E-state index in [2.05, 4.69) is 6.07 Å². The highest BCUT2D eigenvalue weighted by atomic mass is 32.1. The number of benzene rings is 1. The highest BCUT2D eigenvalue weighted by molar-refractivity contribution is 7.13. The molecule has 0 aliphatic carbocycles. The van der Waals surface area contributed by atoms with Crippen LogP contribution >= 0.6 is 11.3 Å². The second kappa shape index (κ2) is 8.83. The van der Waals surface area contributed by atoms with E-state index in [1.807, 2.05) is 64.6 Å². The van der Waals surface area contributed by atoms with Gasteiger partial charge in [0.1, 0.15) is 5.69 Å². The molecular weight excluding hydrogens is 396 g/mol. The van der Waals surface area contributed by atoms with E-state index < -0.39 is 0 Å². The molecule has 0 unspecified atom stereocenters. The number of carbonyl (C=O) groups is 2. The van der Waals surface area contributed by atoms with E-state index in [4.69, 9.17) is 5.10 Å². The highest BCUT2D eigenvalue weighted by Gasteiger charge is 2.28. The molecule has 0 atom stereocenters. The Morgan fingerprint density at radius 2 is 1.87 bits per heavy atom. The van der Waals surface area contributed by atoms with E-state index in [9.17, 15) is 9.59 Å². The number of carbonyl (C=O) groups excluding carboxylic acids is 2. The van der Waals surface area contributed by atoms with Crippen molar-refractivity contribution in [3.8, 4) is 16.3 Å². The summed E-state index contributed by atoms with van der Waals surface area (Å²) < 4.78 is 1.88. The Hall–Kier alpha value is -2.93. The number of hydrogen-bond donors (Lipinski definition) is 0. The molecule has 1 aromatic carbocycles. The van der Waals surface area contributed by atoms with Crippen LogP contribution in [0.15, 0.2) is 54.0 Å². The molecule has 7 heteroatoms. The van der Waals surface area contributed by atoms with Crippen molar-refractivity contribution in [3.63, 3.8) is 0 Å². The van der Waals surface area contributed by atoms with Gasteiger partial charge >= 0.3 is 0 Å². The van der Waals surface area contributed by atoms with E-state index in [0.29, 0.717) is 19.6 Å². The van der Waals surface area contributed by atoms with E-state index in [1.54, 1.807) is 23.2 Å². The average Bonchev–Trinajstić information content (AvgIpc) is 3.44. The Morgan fingerprint density at radius 1 is 1.13 bits per heavy atom. The van der Waals surface area contributed by atoms with E-state index >= 15 is 0 Å². The Morgan fingerprint density at radius 3 is 2.50 bits per heavy atom. The molecular formula is C23H26N4O2S. The smallest absolute Gasteiger partial charge is 0.225 e. The maximum Gasteiger partial charge on any atom is 0.225 e. The first-order valence-electron chi connectivity index (χ1n) is 10.2. The minimum absolute atomic E-state index is 0.0278. The molecule has 0 spiro atoms. The Balaban J connectivity index is 1.52. The maximum atomic E-state index is 13.1. The van der Waals surface area contributed by atoms with Gasteiger partial charge in [-0.15, -0.1) is 11.3 Å². The van der Waals surface area contributed by atoms with Crippen LogP contribution in [0.1, 0.15) is 25.3 Å². The summed E-state index contributed by atoms with van der Waals surface area (Å²) in [7, 11) is 1.86. The van der Waals surface area contributed by atoms with Crippen LogP contribution in [0.2, 0.25) is 0 Å². The minimum Gasteiger partial charge on any atom is -0.343 e. The Labute approximate surface area is 180 Å². The van der Waals surface area contributed by atoms with Crippen molar-refractivity contribution >= 4 is 23.2 Å². The molecule has 1 aliphatic rings. The van der Waals surface area contributed by atoms with Gasteiger partial charge in [-0.2, -0.15) is 5.10 Å². The second-order valence-corrected chi connectivity index (χ2v) is 8.68. The molecule has 1 aliphatic heterocycles. The summed E-state index contributed by atoms with van der Waals surface area (Å²) in [6.45, 7) is 3.41. The van der Waals surface area contributed by atoms with E-state index in [1.165, 1.54) is 0 Å². The number of aromatic nitrogens is 2. The molecule has 2 aromatic heterocycles. The molecule has 0 saturated carbocycles. The summed E-state index contributed by atoms with van der Waals surface area (Å²) in [5, 5.41) is 6.86. The number of piperidine rings is 1. The second-order valence-electron chi connectivity index (χ2n) is 7.74. The van der Waals surface area contributed by atoms with Crippen LogP contribution in [-0.2, 0) is 16.1 Å². The van der Waals surface area contributed by atoms with Crippen LogP contribution in [0, 0.1) is 5.92 Å². The predicted molar refractivity (Wildman–Crippen MR) is 118 cm³/mol. The number of thiophene rings is 1.